The predicted octanol–water partition coefficient (Wildman–Crippen LogP) is 4.07. The maximum atomic E-state index is 13.3. The molecule has 0 radical (unpaired) electrons. The molecule has 26 heavy (non-hydrogen) atoms. The molecule has 136 valence electrons. The second-order valence-corrected chi connectivity index (χ2v) is 12.6. The van der Waals surface area contributed by atoms with Crippen LogP contribution in [0, 0.1) is 0 Å². The van der Waals surface area contributed by atoms with Gasteiger partial charge in [0.2, 0.25) is 0 Å². The smallest absolute Gasteiger partial charge is 0.339 e. The molecule has 1 unspecified atom stereocenters. The van der Waals surface area contributed by atoms with Crippen molar-refractivity contribution in [2.75, 3.05) is 6.61 Å². The summed E-state index contributed by atoms with van der Waals surface area (Å²) >= 11 is 0. The minimum atomic E-state index is -1.78. The molecule has 3 rings (SSSR count). The predicted molar refractivity (Wildman–Crippen MR) is 108 cm³/mol. The fourth-order valence-corrected chi connectivity index (χ4v) is 5.24. The van der Waals surface area contributed by atoms with E-state index in [-0.39, 0.29) is 11.9 Å². The van der Waals surface area contributed by atoms with Crippen LogP contribution in [0.5, 0.6) is 0 Å². The maximum Gasteiger partial charge on any atom is 0.339 e. The van der Waals surface area contributed by atoms with Crippen LogP contribution in [-0.2, 0) is 15.1 Å². The highest BCUT2D eigenvalue weighted by molar-refractivity contribution is 7.05. The minimum absolute atomic E-state index is 0.184. The number of hydrazone groups is 1. The van der Waals surface area contributed by atoms with Crippen LogP contribution in [0.1, 0.15) is 24.0 Å². The van der Waals surface area contributed by atoms with Crippen LogP contribution in [0.2, 0.25) is 19.6 Å². The van der Waals surface area contributed by atoms with Crippen LogP contribution in [0.25, 0.3) is 0 Å². The average molecular weight is 367 g/mol. The Kier molecular flexibility index (Phi) is 5.00. The summed E-state index contributed by atoms with van der Waals surface area (Å²) in [6.07, 6.45) is 0. The summed E-state index contributed by atoms with van der Waals surface area (Å²) in [5.41, 5.74) is 4.15. The van der Waals surface area contributed by atoms with Crippen molar-refractivity contribution < 1.29 is 9.53 Å². The second-order valence-electron chi connectivity index (χ2n) is 7.60. The number of carbonyl (C=O) groups excluding carboxylic acids is 1. The highest BCUT2D eigenvalue weighted by Crippen LogP contribution is 2.44. The molecular weight excluding hydrogens is 340 g/mol. The van der Waals surface area contributed by atoms with Crippen LogP contribution >= 0.6 is 0 Å². The lowest BCUT2D eigenvalue weighted by molar-refractivity contribution is -0.151. The van der Waals surface area contributed by atoms with Crippen molar-refractivity contribution >= 4 is 19.4 Å². The molecule has 5 heteroatoms. The molecule has 4 nitrogen and oxygen atoms in total. The first-order valence-corrected chi connectivity index (χ1v) is 12.5. The molecule has 1 heterocycles. The van der Waals surface area contributed by atoms with Gasteiger partial charge in [0, 0.05) is 5.33 Å². The number of hydrogen-bond acceptors (Lipinski definition) is 4. The molecule has 1 aliphatic rings. The van der Waals surface area contributed by atoms with Crippen molar-refractivity contribution in [1.82, 2.24) is 5.43 Å². The van der Waals surface area contributed by atoms with Crippen molar-refractivity contribution in [2.24, 2.45) is 5.10 Å². The topological polar surface area (TPSA) is 50.7 Å². The number of carbonyl (C=O) groups is 1. The van der Waals surface area contributed by atoms with Crippen molar-refractivity contribution in [3.63, 3.8) is 0 Å². The molecule has 2 aromatic rings. The molecule has 0 bridgehead atoms. The second kappa shape index (κ2) is 7.07. The summed E-state index contributed by atoms with van der Waals surface area (Å²) in [5.74, 6) is -0.464. The molecule has 0 spiro atoms. The number of nitrogens with one attached hydrogen (secondary N) is 1. The van der Waals surface area contributed by atoms with E-state index in [4.69, 9.17) is 9.84 Å². The summed E-state index contributed by atoms with van der Waals surface area (Å²) in [7, 11) is -1.78. The first kappa shape index (κ1) is 18.4. The van der Waals surface area contributed by atoms with Crippen LogP contribution < -0.4 is 5.43 Å². The molecule has 2 atom stereocenters. The number of esters is 1. The lowest BCUT2D eigenvalue weighted by Gasteiger charge is -2.36. The number of hydrogen-bond donors (Lipinski definition) is 1. The Morgan fingerprint density at radius 3 is 2.19 bits per heavy atom. The van der Waals surface area contributed by atoms with E-state index in [0.717, 1.165) is 16.5 Å². The van der Waals surface area contributed by atoms with Crippen LogP contribution in [-0.4, -0.2) is 26.0 Å². The van der Waals surface area contributed by atoms with Crippen LogP contribution in [0.4, 0.5) is 0 Å². The Morgan fingerprint density at radius 2 is 1.65 bits per heavy atom. The highest BCUT2D eigenvalue weighted by atomic mass is 28.3. The average Bonchev–Trinajstić information content (AvgIpc) is 3.05. The number of rotatable bonds is 5. The molecule has 0 aliphatic carbocycles. The van der Waals surface area contributed by atoms with E-state index in [1.165, 1.54) is 0 Å². The lowest BCUT2D eigenvalue weighted by Crippen LogP contribution is -2.52. The molecular formula is C21H26N2O2Si. The van der Waals surface area contributed by atoms with Gasteiger partial charge in [0.25, 0.3) is 0 Å². The zero-order valence-electron chi connectivity index (χ0n) is 15.8. The van der Waals surface area contributed by atoms with Gasteiger partial charge in [0.15, 0.2) is 5.54 Å². The van der Waals surface area contributed by atoms with E-state index in [0.29, 0.717) is 6.61 Å². The van der Waals surface area contributed by atoms with Gasteiger partial charge in [-0.05, 0) is 18.1 Å². The van der Waals surface area contributed by atoms with E-state index in [1.807, 2.05) is 55.5 Å². The van der Waals surface area contributed by atoms with Gasteiger partial charge in [0.05, 0.1) is 20.6 Å². The van der Waals surface area contributed by atoms with Crippen molar-refractivity contribution in [3.8, 4) is 0 Å². The largest absolute Gasteiger partial charge is 0.464 e. The van der Waals surface area contributed by atoms with Crippen molar-refractivity contribution in [3.05, 3.63) is 71.8 Å². The van der Waals surface area contributed by atoms with Gasteiger partial charge in [0.1, 0.15) is 0 Å². The summed E-state index contributed by atoms with van der Waals surface area (Å²) < 4.78 is 5.54. The molecule has 1 N–H and O–H groups in total. The van der Waals surface area contributed by atoms with Crippen LogP contribution in [0.15, 0.2) is 65.8 Å². The summed E-state index contributed by atoms with van der Waals surface area (Å²) in [6.45, 7) is 8.95. The van der Waals surface area contributed by atoms with Gasteiger partial charge in [-0.2, -0.15) is 5.10 Å². The Labute approximate surface area is 156 Å². The fraction of sp³-hybridized carbons (Fsp3) is 0.333. The van der Waals surface area contributed by atoms with Gasteiger partial charge in [-0.1, -0.05) is 80.3 Å². The summed E-state index contributed by atoms with van der Waals surface area (Å²) in [5, 5.41) is 5.81. The molecule has 0 saturated heterocycles. The summed E-state index contributed by atoms with van der Waals surface area (Å²) in [6, 6.07) is 20.0. The van der Waals surface area contributed by atoms with E-state index in [1.54, 1.807) is 0 Å². The Balaban J connectivity index is 2.24. The third-order valence-electron chi connectivity index (χ3n) is 4.79. The highest BCUT2D eigenvalue weighted by Gasteiger charge is 2.57. The minimum Gasteiger partial charge on any atom is -0.464 e. The van der Waals surface area contributed by atoms with E-state index >= 15 is 0 Å². The quantitative estimate of drug-likeness (QED) is 0.641. The summed E-state index contributed by atoms with van der Waals surface area (Å²) in [4.78, 5) is 13.3. The molecule has 0 fully saturated rings. The van der Waals surface area contributed by atoms with Crippen LogP contribution in [0.3, 0.4) is 0 Å². The normalized spacial score (nSPS) is 22.5. The number of benzene rings is 2. The first-order chi connectivity index (χ1) is 12.4. The van der Waals surface area contributed by atoms with E-state index in [9.17, 15) is 4.79 Å². The zero-order chi connectivity index (χ0) is 18.8. The third kappa shape index (κ3) is 3.07. The third-order valence-corrected chi connectivity index (χ3v) is 6.72. The van der Waals surface area contributed by atoms with Gasteiger partial charge in [-0.25, -0.2) is 4.79 Å². The standard InChI is InChI=1S/C21H26N2O2Si/c1-5-25-20(24)21(17-14-10-7-11-15-17)18(16-12-8-6-9-13-16)19(22-23-21)26(2,3)4/h6-15,18,23H,5H2,1-4H3/t18-,21?/m0/s1. The Morgan fingerprint density at radius 1 is 1.08 bits per heavy atom. The first-order valence-electron chi connectivity index (χ1n) is 9.04. The Hall–Kier alpha value is -2.40. The fourth-order valence-electron chi connectivity index (χ4n) is 3.60. The zero-order valence-corrected chi connectivity index (χ0v) is 16.8. The van der Waals surface area contributed by atoms with Crippen molar-refractivity contribution in [2.45, 2.75) is 38.0 Å². The molecule has 2 aromatic carbocycles. The molecule has 0 saturated carbocycles. The Bertz CT molecular complexity index is 800. The van der Waals surface area contributed by atoms with Crippen molar-refractivity contribution in [1.29, 1.82) is 0 Å². The maximum absolute atomic E-state index is 13.3. The molecule has 1 aliphatic heterocycles. The molecule has 0 amide bonds. The van der Waals surface area contributed by atoms with Gasteiger partial charge in [-0.15, -0.1) is 0 Å². The number of nitrogens with zero attached hydrogens (tertiary/aromatic N) is 1. The SMILES string of the molecule is CCOC(=O)C1(c2ccccc2)NN=C([Si](C)(C)C)[C@@H]1c1ccccc1. The van der Waals surface area contributed by atoms with E-state index < -0.39 is 13.6 Å². The number of ether oxygens (including phenoxy) is 1. The van der Waals surface area contributed by atoms with Gasteiger partial charge in [-0.3, -0.25) is 5.43 Å². The van der Waals surface area contributed by atoms with E-state index in [2.05, 4.69) is 37.2 Å². The molecule has 0 aromatic heterocycles. The lowest BCUT2D eigenvalue weighted by atomic mass is 9.76. The van der Waals surface area contributed by atoms with Gasteiger partial charge >= 0.3 is 5.97 Å². The van der Waals surface area contributed by atoms with Gasteiger partial charge < -0.3 is 4.74 Å². The monoisotopic (exact) mass is 366 g/mol.